The Balaban J connectivity index is -0.000000303. The molecule has 0 saturated carbocycles. The van der Waals surface area contributed by atoms with Crippen LogP contribution in [0.5, 0.6) is 0 Å². The summed E-state index contributed by atoms with van der Waals surface area (Å²) in [5.41, 5.74) is 18.9. The van der Waals surface area contributed by atoms with Crippen molar-refractivity contribution in [2.24, 2.45) is 46.6 Å². The van der Waals surface area contributed by atoms with E-state index in [1.807, 2.05) is 0 Å². The van der Waals surface area contributed by atoms with Gasteiger partial charge >= 0.3 is 23.9 Å². The van der Waals surface area contributed by atoms with Crippen LogP contribution >= 0.6 is 0 Å². The predicted octanol–water partition coefficient (Wildman–Crippen LogP) is 9.13. The van der Waals surface area contributed by atoms with Crippen LogP contribution in [0.25, 0.3) is 0 Å². The number of unbranched alkanes of at least 4 members (excludes halogenated alkanes) is 4. The van der Waals surface area contributed by atoms with Crippen molar-refractivity contribution in [3.63, 3.8) is 0 Å². The van der Waals surface area contributed by atoms with Crippen LogP contribution < -0.4 is 22.9 Å². The van der Waals surface area contributed by atoms with Gasteiger partial charge in [-0.25, -0.2) is 19.2 Å². The minimum absolute atomic E-state index is 0.511. The third-order valence-corrected chi connectivity index (χ3v) is 9.59. The van der Waals surface area contributed by atoms with Crippen molar-refractivity contribution in [2.75, 3.05) is 26.2 Å². The smallest absolute Gasteiger partial charge is 0.336 e. The first kappa shape index (κ1) is 57.7. The Morgan fingerprint density at radius 2 is 0.574 bits per heavy atom. The lowest BCUT2D eigenvalue weighted by atomic mass is 9.98. The zero-order chi connectivity index (χ0) is 42.5. The lowest BCUT2D eigenvalue weighted by molar-refractivity contribution is 0.0637. The van der Waals surface area contributed by atoms with E-state index in [2.05, 4.69) is 55.4 Å². The van der Waals surface area contributed by atoms with Gasteiger partial charge in [0.2, 0.25) is 0 Å². The van der Waals surface area contributed by atoms with Crippen LogP contribution in [0, 0.1) is 23.7 Å². The summed E-state index contributed by atoms with van der Waals surface area (Å²) in [6.45, 7) is 21.2. The molecule has 0 amide bonds. The van der Waals surface area contributed by atoms with E-state index in [4.69, 9.17) is 43.4 Å². The van der Waals surface area contributed by atoms with Crippen LogP contribution in [-0.4, -0.2) is 70.5 Å². The topological polar surface area (TPSA) is 253 Å². The maximum atomic E-state index is 10.8. The van der Waals surface area contributed by atoms with Crippen LogP contribution in [0.4, 0.5) is 0 Å². The van der Waals surface area contributed by atoms with Gasteiger partial charge < -0.3 is 43.4 Å². The molecule has 1 aromatic carbocycles. The van der Waals surface area contributed by atoms with Gasteiger partial charge in [-0.3, -0.25) is 0 Å². The van der Waals surface area contributed by atoms with Crippen LogP contribution in [0.3, 0.4) is 0 Å². The van der Waals surface area contributed by atoms with Crippen LogP contribution in [0.15, 0.2) is 12.1 Å². The van der Waals surface area contributed by atoms with E-state index in [1.165, 1.54) is 103 Å². The van der Waals surface area contributed by atoms with Gasteiger partial charge in [-0.05, 0) is 87.7 Å². The van der Waals surface area contributed by atoms with Crippen molar-refractivity contribution in [2.45, 2.75) is 158 Å². The SMILES string of the molecule is CCCCC(CC)CN.CCCCC(CC)CN.CCCCC(CC)CN.CCCCC(CC)CN.O=C(O)c1cc(C(=O)O)c(C(=O)O)cc1C(=O)O. The van der Waals surface area contributed by atoms with Gasteiger partial charge in [0.05, 0.1) is 22.3 Å². The third-order valence-electron chi connectivity index (χ3n) is 9.59. The summed E-state index contributed by atoms with van der Waals surface area (Å²) < 4.78 is 0. The van der Waals surface area contributed by atoms with E-state index in [0.717, 1.165) is 49.9 Å². The van der Waals surface area contributed by atoms with Gasteiger partial charge in [0.15, 0.2) is 0 Å². The fraction of sp³-hybridized carbons (Fsp3) is 0.762. The highest BCUT2D eigenvalue weighted by molar-refractivity contribution is 6.09. The Hall–Kier alpha value is -3.06. The second-order valence-corrected chi connectivity index (χ2v) is 13.8. The first-order valence-corrected chi connectivity index (χ1v) is 20.6. The zero-order valence-corrected chi connectivity index (χ0v) is 35.3. The molecule has 12 heteroatoms. The highest BCUT2D eigenvalue weighted by atomic mass is 16.4. The minimum atomic E-state index is -1.66. The second kappa shape index (κ2) is 39.6. The van der Waals surface area contributed by atoms with E-state index in [1.54, 1.807) is 0 Å². The molecule has 12 N–H and O–H groups in total. The number of hydrogen-bond acceptors (Lipinski definition) is 8. The Bertz CT molecular complexity index is 908. The number of carboxylic acid groups (broad SMARTS) is 4. The Morgan fingerprint density at radius 1 is 0.407 bits per heavy atom. The predicted molar refractivity (Wildman–Crippen MR) is 224 cm³/mol. The molecular formula is C42H82N4O8. The molecule has 1 aromatic rings. The molecule has 54 heavy (non-hydrogen) atoms. The molecule has 0 radical (unpaired) electrons. The lowest BCUT2D eigenvalue weighted by Crippen LogP contribution is -2.15. The summed E-state index contributed by atoms with van der Waals surface area (Å²) in [5, 5.41) is 35.0. The molecule has 318 valence electrons. The first-order chi connectivity index (χ1) is 25.6. The monoisotopic (exact) mass is 771 g/mol. The van der Waals surface area contributed by atoms with Crippen molar-refractivity contribution in [1.82, 2.24) is 0 Å². The molecule has 0 spiro atoms. The summed E-state index contributed by atoms with van der Waals surface area (Å²) in [6.07, 6.45) is 20.9. The number of hydrogen-bond donors (Lipinski definition) is 8. The number of benzene rings is 1. The summed E-state index contributed by atoms with van der Waals surface area (Å²) in [7, 11) is 0. The first-order valence-electron chi connectivity index (χ1n) is 20.6. The minimum Gasteiger partial charge on any atom is -0.478 e. The van der Waals surface area contributed by atoms with Crippen LogP contribution in [0.1, 0.15) is 200 Å². The molecule has 0 bridgehead atoms. The molecule has 1 rings (SSSR count). The number of aromatic carboxylic acids is 4. The molecule has 4 unspecified atom stereocenters. The highest BCUT2D eigenvalue weighted by Gasteiger charge is 2.25. The molecule has 0 aromatic heterocycles. The molecule has 0 aliphatic carbocycles. The standard InChI is InChI=1S/C10H6O8.4C8H19N/c11-7(12)3-1-4(8(13)14)6(10(17)18)2-5(3)9(15)16;4*1-3-5-6-8(4-2)7-9/h1-2H,(H,11,12)(H,13,14)(H,15,16)(H,17,18);4*8H,3-7,9H2,1-2H3. The normalized spacial score (nSPS) is 12.4. The fourth-order valence-electron chi connectivity index (χ4n) is 5.23. The quantitative estimate of drug-likeness (QED) is 0.0490. The molecule has 4 atom stereocenters. The van der Waals surface area contributed by atoms with Gasteiger partial charge in [-0.1, -0.05) is 132 Å². The number of carbonyl (C=O) groups is 4. The van der Waals surface area contributed by atoms with Crippen LogP contribution in [0.2, 0.25) is 0 Å². The van der Waals surface area contributed by atoms with Crippen LogP contribution in [-0.2, 0) is 0 Å². The largest absolute Gasteiger partial charge is 0.478 e. The Morgan fingerprint density at radius 3 is 0.667 bits per heavy atom. The molecule has 12 nitrogen and oxygen atoms in total. The van der Waals surface area contributed by atoms with E-state index in [-0.39, 0.29) is 0 Å². The average Bonchev–Trinajstić information content (AvgIpc) is 3.17. The van der Waals surface area contributed by atoms with Gasteiger partial charge in [0, 0.05) is 0 Å². The molecule has 0 aliphatic rings. The summed E-state index contributed by atoms with van der Waals surface area (Å²) in [4.78, 5) is 43.1. The van der Waals surface area contributed by atoms with Crippen molar-refractivity contribution in [1.29, 1.82) is 0 Å². The van der Waals surface area contributed by atoms with Gasteiger partial charge in [-0.15, -0.1) is 0 Å². The van der Waals surface area contributed by atoms with E-state index in [0.29, 0.717) is 12.1 Å². The van der Waals surface area contributed by atoms with Gasteiger partial charge in [0.25, 0.3) is 0 Å². The number of carboxylic acids is 4. The van der Waals surface area contributed by atoms with Gasteiger partial charge in [-0.2, -0.15) is 0 Å². The van der Waals surface area contributed by atoms with Gasteiger partial charge in [0.1, 0.15) is 0 Å². The highest BCUT2D eigenvalue weighted by Crippen LogP contribution is 2.19. The maximum absolute atomic E-state index is 10.8. The van der Waals surface area contributed by atoms with E-state index < -0.39 is 46.1 Å². The van der Waals surface area contributed by atoms with Crippen molar-refractivity contribution >= 4 is 23.9 Å². The number of rotatable bonds is 24. The third kappa shape index (κ3) is 30.3. The fourth-order valence-corrected chi connectivity index (χ4v) is 5.23. The second-order valence-electron chi connectivity index (χ2n) is 13.8. The van der Waals surface area contributed by atoms with Crippen molar-refractivity contribution < 1.29 is 39.6 Å². The Labute approximate surface area is 328 Å². The number of nitrogens with two attached hydrogens (primary N) is 4. The molecule has 0 fully saturated rings. The lowest BCUT2D eigenvalue weighted by Gasteiger charge is -2.09. The average molecular weight is 771 g/mol. The summed E-state index contributed by atoms with van der Waals surface area (Å²) in [6, 6.07) is 1.02. The molecule has 0 aliphatic heterocycles. The molecule has 0 saturated heterocycles. The zero-order valence-electron chi connectivity index (χ0n) is 35.3. The molecular weight excluding hydrogens is 688 g/mol. The van der Waals surface area contributed by atoms with E-state index in [9.17, 15) is 19.2 Å². The Kier molecular flexibility index (Phi) is 42.3. The summed E-state index contributed by atoms with van der Waals surface area (Å²) >= 11 is 0. The van der Waals surface area contributed by atoms with Crippen molar-refractivity contribution in [3.8, 4) is 0 Å². The summed E-state index contributed by atoms with van der Waals surface area (Å²) in [5.74, 6) is -3.51. The van der Waals surface area contributed by atoms with E-state index >= 15 is 0 Å². The maximum Gasteiger partial charge on any atom is 0.336 e. The molecule has 0 heterocycles. The van der Waals surface area contributed by atoms with Crippen molar-refractivity contribution in [3.05, 3.63) is 34.4 Å².